The summed E-state index contributed by atoms with van der Waals surface area (Å²) >= 11 is 0. The topological polar surface area (TPSA) is 46.3 Å². The van der Waals surface area contributed by atoms with Gasteiger partial charge in [0.05, 0.1) is 5.92 Å². The van der Waals surface area contributed by atoms with Gasteiger partial charge in [0.1, 0.15) is 0 Å². The van der Waals surface area contributed by atoms with Crippen LogP contribution in [-0.4, -0.2) is 29.9 Å². The summed E-state index contributed by atoms with van der Waals surface area (Å²) in [5.74, 6) is 1.05. The van der Waals surface area contributed by atoms with Gasteiger partial charge in [0, 0.05) is 19.1 Å². The maximum Gasteiger partial charge on any atom is 0.230 e. The van der Waals surface area contributed by atoms with E-state index in [2.05, 4.69) is 26.0 Å². The molecule has 3 heteroatoms. The van der Waals surface area contributed by atoms with Gasteiger partial charge in [-0.05, 0) is 30.7 Å². The predicted molar refractivity (Wildman–Crippen MR) is 87.0 cm³/mol. The summed E-state index contributed by atoms with van der Waals surface area (Å²) < 4.78 is 0. The van der Waals surface area contributed by atoms with Crippen molar-refractivity contribution in [3.8, 4) is 0 Å². The number of hydrogen-bond acceptors (Lipinski definition) is 2. The summed E-state index contributed by atoms with van der Waals surface area (Å²) in [7, 11) is 0. The first-order chi connectivity index (χ1) is 10.0. The van der Waals surface area contributed by atoms with Crippen LogP contribution in [0.3, 0.4) is 0 Å². The molecule has 4 unspecified atom stereocenters. The molecule has 1 aliphatic heterocycles. The summed E-state index contributed by atoms with van der Waals surface area (Å²) in [6, 6.07) is 10.4. The highest BCUT2D eigenvalue weighted by atomic mass is 16.2. The van der Waals surface area contributed by atoms with Crippen LogP contribution < -0.4 is 5.73 Å². The van der Waals surface area contributed by atoms with E-state index in [0.717, 1.165) is 31.5 Å². The zero-order valence-corrected chi connectivity index (χ0v) is 13.5. The Morgan fingerprint density at radius 3 is 2.52 bits per heavy atom. The Morgan fingerprint density at radius 2 is 2.00 bits per heavy atom. The predicted octanol–water partition coefficient (Wildman–Crippen LogP) is 3.01. The molecule has 0 radical (unpaired) electrons. The van der Waals surface area contributed by atoms with Crippen molar-refractivity contribution in [3.05, 3.63) is 35.9 Å². The molecule has 0 aliphatic carbocycles. The molecule has 0 aromatic heterocycles. The minimum Gasteiger partial charge on any atom is -0.342 e. The van der Waals surface area contributed by atoms with Gasteiger partial charge in [0.25, 0.3) is 0 Å². The summed E-state index contributed by atoms with van der Waals surface area (Å²) in [5.41, 5.74) is 7.14. The second-order valence-electron chi connectivity index (χ2n) is 6.47. The number of likely N-dealkylation sites (tertiary alicyclic amines) is 1. The van der Waals surface area contributed by atoms with Gasteiger partial charge in [-0.2, -0.15) is 0 Å². The molecule has 3 nitrogen and oxygen atoms in total. The van der Waals surface area contributed by atoms with Gasteiger partial charge in [0.15, 0.2) is 0 Å². The molecular weight excluding hydrogens is 260 g/mol. The number of nitrogens with two attached hydrogens (primary N) is 1. The standard InChI is InChI=1S/C18H28N2O/c1-4-13(2)17(15-8-6-5-7-9-15)18(21)20-11-10-16(12-20)14(3)19/h5-9,13-14,16-17H,4,10-12,19H2,1-3H3. The summed E-state index contributed by atoms with van der Waals surface area (Å²) in [6.07, 6.45) is 2.04. The molecule has 1 fully saturated rings. The Balaban J connectivity index is 2.16. The van der Waals surface area contributed by atoms with Crippen molar-refractivity contribution in [1.29, 1.82) is 0 Å². The van der Waals surface area contributed by atoms with Gasteiger partial charge in [-0.1, -0.05) is 50.6 Å². The fraction of sp³-hybridized carbons (Fsp3) is 0.611. The number of benzene rings is 1. The van der Waals surface area contributed by atoms with Crippen molar-refractivity contribution in [2.45, 2.75) is 45.6 Å². The maximum atomic E-state index is 13.0. The lowest BCUT2D eigenvalue weighted by molar-refractivity contribution is -0.133. The van der Waals surface area contributed by atoms with E-state index in [1.165, 1.54) is 0 Å². The molecule has 0 spiro atoms. The fourth-order valence-corrected chi connectivity index (χ4v) is 3.22. The van der Waals surface area contributed by atoms with E-state index in [9.17, 15) is 4.79 Å². The first-order valence-electron chi connectivity index (χ1n) is 8.13. The highest BCUT2D eigenvalue weighted by Gasteiger charge is 2.34. The van der Waals surface area contributed by atoms with E-state index in [-0.39, 0.29) is 17.9 Å². The van der Waals surface area contributed by atoms with Crippen molar-refractivity contribution in [3.63, 3.8) is 0 Å². The second kappa shape index (κ2) is 7.08. The molecule has 1 heterocycles. The Bertz CT molecular complexity index is 458. The van der Waals surface area contributed by atoms with Crippen molar-refractivity contribution >= 4 is 5.91 Å². The number of amides is 1. The zero-order chi connectivity index (χ0) is 15.4. The Morgan fingerprint density at radius 1 is 1.33 bits per heavy atom. The van der Waals surface area contributed by atoms with Crippen molar-refractivity contribution in [1.82, 2.24) is 4.90 Å². The van der Waals surface area contributed by atoms with Crippen LogP contribution >= 0.6 is 0 Å². The third kappa shape index (κ3) is 3.65. The highest BCUT2D eigenvalue weighted by molar-refractivity contribution is 5.84. The SMILES string of the molecule is CCC(C)C(C(=O)N1CCC(C(C)N)C1)c1ccccc1. The third-order valence-corrected chi connectivity index (χ3v) is 4.92. The minimum absolute atomic E-state index is 0.0250. The minimum atomic E-state index is -0.0250. The molecule has 0 bridgehead atoms. The molecule has 4 atom stereocenters. The molecule has 1 amide bonds. The molecule has 2 N–H and O–H groups in total. The van der Waals surface area contributed by atoms with Gasteiger partial charge in [-0.15, -0.1) is 0 Å². The molecular formula is C18H28N2O. The maximum absolute atomic E-state index is 13.0. The molecule has 1 aromatic carbocycles. The van der Waals surface area contributed by atoms with Crippen LogP contribution in [-0.2, 0) is 4.79 Å². The average Bonchev–Trinajstić information content (AvgIpc) is 2.98. The lowest BCUT2D eigenvalue weighted by atomic mass is 9.84. The van der Waals surface area contributed by atoms with Gasteiger partial charge in [-0.3, -0.25) is 4.79 Å². The van der Waals surface area contributed by atoms with Crippen LogP contribution in [0.1, 0.15) is 45.1 Å². The molecule has 116 valence electrons. The average molecular weight is 288 g/mol. The van der Waals surface area contributed by atoms with Crippen LogP contribution in [0.5, 0.6) is 0 Å². The fourth-order valence-electron chi connectivity index (χ4n) is 3.22. The molecule has 0 saturated carbocycles. The Labute approximate surface area is 128 Å². The molecule has 1 aliphatic rings. The molecule has 1 aromatic rings. The van der Waals surface area contributed by atoms with Crippen molar-refractivity contribution in [2.75, 3.05) is 13.1 Å². The third-order valence-electron chi connectivity index (χ3n) is 4.92. The molecule has 21 heavy (non-hydrogen) atoms. The van der Waals surface area contributed by atoms with Crippen LogP contribution in [0.4, 0.5) is 0 Å². The van der Waals surface area contributed by atoms with Crippen LogP contribution in [0.2, 0.25) is 0 Å². The normalized spacial score (nSPS) is 22.9. The van der Waals surface area contributed by atoms with E-state index in [1.54, 1.807) is 0 Å². The number of nitrogens with zero attached hydrogens (tertiary/aromatic N) is 1. The van der Waals surface area contributed by atoms with Crippen LogP contribution in [0.15, 0.2) is 30.3 Å². The van der Waals surface area contributed by atoms with E-state index in [0.29, 0.717) is 11.8 Å². The number of rotatable bonds is 5. The summed E-state index contributed by atoms with van der Waals surface area (Å²) in [6.45, 7) is 8.04. The quantitative estimate of drug-likeness (QED) is 0.905. The Hall–Kier alpha value is -1.35. The van der Waals surface area contributed by atoms with Gasteiger partial charge < -0.3 is 10.6 Å². The highest BCUT2D eigenvalue weighted by Crippen LogP contribution is 2.31. The largest absolute Gasteiger partial charge is 0.342 e. The molecule has 1 saturated heterocycles. The first kappa shape index (κ1) is 16.0. The zero-order valence-electron chi connectivity index (χ0n) is 13.5. The summed E-state index contributed by atoms with van der Waals surface area (Å²) in [5, 5.41) is 0. The summed E-state index contributed by atoms with van der Waals surface area (Å²) in [4.78, 5) is 15.0. The number of hydrogen-bond donors (Lipinski definition) is 1. The second-order valence-corrected chi connectivity index (χ2v) is 6.47. The number of carbonyl (C=O) groups is 1. The number of carbonyl (C=O) groups excluding carboxylic acids is 1. The van der Waals surface area contributed by atoms with Gasteiger partial charge >= 0.3 is 0 Å². The lowest BCUT2D eigenvalue weighted by Crippen LogP contribution is -2.37. The lowest BCUT2D eigenvalue weighted by Gasteiger charge is -2.28. The molecule has 2 rings (SSSR count). The van der Waals surface area contributed by atoms with Crippen LogP contribution in [0.25, 0.3) is 0 Å². The Kier molecular flexibility index (Phi) is 5.40. The van der Waals surface area contributed by atoms with Gasteiger partial charge in [0.2, 0.25) is 5.91 Å². The van der Waals surface area contributed by atoms with E-state index in [1.807, 2.05) is 30.0 Å². The smallest absolute Gasteiger partial charge is 0.230 e. The first-order valence-corrected chi connectivity index (χ1v) is 8.13. The van der Waals surface area contributed by atoms with Crippen molar-refractivity contribution < 1.29 is 4.79 Å². The van der Waals surface area contributed by atoms with Gasteiger partial charge in [-0.25, -0.2) is 0 Å². The van der Waals surface area contributed by atoms with E-state index in [4.69, 9.17) is 5.73 Å². The van der Waals surface area contributed by atoms with Crippen LogP contribution in [0, 0.1) is 11.8 Å². The monoisotopic (exact) mass is 288 g/mol. The van der Waals surface area contributed by atoms with E-state index < -0.39 is 0 Å². The van der Waals surface area contributed by atoms with E-state index >= 15 is 0 Å². The van der Waals surface area contributed by atoms with Crippen molar-refractivity contribution in [2.24, 2.45) is 17.6 Å².